The van der Waals surface area contributed by atoms with Gasteiger partial charge in [0.15, 0.2) is 0 Å². The summed E-state index contributed by atoms with van der Waals surface area (Å²) in [7, 11) is 0. The van der Waals surface area contributed by atoms with E-state index in [1.807, 2.05) is 82.1 Å². The molecule has 2 aromatic heterocycles. The van der Waals surface area contributed by atoms with Crippen molar-refractivity contribution >= 4 is 45.0 Å². The fraction of sp³-hybridized carbons (Fsp3) is 0.208. The quantitative estimate of drug-likeness (QED) is 0.443. The summed E-state index contributed by atoms with van der Waals surface area (Å²) >= 11 is 7.59. The van der Waals surface area contributed by atoms with Crippen molar-refractivity contribution in [1.29, 1.82) is 0 Å². The Labute approximate surface area is 194 Å². The number of amides is 2. The van der Waals surface area contributed by atoms with Crippen LogP contribution in [-0.4, -0.2) is 57.6 Å². The summed E-state index contributed by atoms with van der Waals surface area (Å²) in [5.41, 5.74) is 2.41. The van der Waals surface area contributed by atoms with Crippen molar-refractivity contribution in [3.05, 3.63) is 81.8 Å². The van der Waals surface area contributed by atoms with Crippen LogP contribution in [-0.2, 0) is 0 Å². The summed E-state index contributed by atoms with van der Waals surface area (Å²) in [6.07, 6.45) is 0. The van der Waals surface area contributed by atoms with Crippen LogP contribution in [0.2, 0.25) is 5.02 Å². The van der Waals surface area contributed by atoms with Crippen molar-refractivity contribution in [2.45, 2.75) is 6.92 Å². The molecule has 3 heterocycles. The molecule has 0 spiro atoms. The van der Waals surface area contributed by atoms with Gasteiger partial charge in [0.1, 0.15) is 4.83 Å². The highest BCUT2D eigenvalue weighted by molar-refractivity contribution is 7.20. The van der Waals surface area contributed by atoms with Crippen LogP contribution in [0.25, 0.3) is 15.9 Å². The molecule has 1 fully saturated rings. The predicted molar refractivity (Wildman–Crippen MR) is 127 cm³/mol. The summed E-state index contributed by atoms with van der Waals surface area (Å²) in [5.74, 6) is 0.00635. The molecule has 1 aliphatic rings. The number of thiophene rings is 1. The van der Waals surface area contributed by atoms with Gasteiger partial charge in [-0.1, -0.05) is 35.9 Å². The molecule has 8 heteroatoms. The first kappa shape index (κ1) is 20.7. The molecule has 2 amide bonds. The Morgan fingerprint density at radius 3 is 2.28 bits per heavy atom. The van der Waals surface area contributed by atoms with Crippen molar-refractivity contribution in [1.82, 2.24) is 19.6 Å². The van der Waals surface area contributed by atoms with Crippen molar-refractivity contribution in [3.63, 3.8) is 0 Å². The SMILES string of the molecule is Cc1nn(-c2cccc(Cl)c2)c2sc(C(=O)N3CCN(C(=O)c4ccccc4)CC3)cc12. The molecule has 0 bridgehead atoms. The summed E-state index contributed by atoms with van der Waals surface area (Å²) < 4.78 is 1.84. The molecule has 5 rings (SSSR count). The molecule has 0 unspecified atom stereocenters. The summed E-state index contributed by atoms with van der Waals surface area (Å²) in [5, 5.41) is 6.24. The lowest BCUT2D eigenvalue weighted by Gasteiger charge is -2.34. The third kappa shape index (κ3) is 3.78. The number of carbonyl (C=O) groups excluding carboxylic acids is 2. The fourth-order valence-corrected chi connectivity index (χ4v) is 5.30. The molecule has 0 radical (unpaired) electrons. The minimum Gasteiger partial charge on any atom is -0.335 e. The number of carbonyl (C=O) groups is 2. The third-order valence-corrected chi connectivity index (χ3v) is 7.02. The molecule has 162 valence electrons. The predicted octanol–water partition coefficient (Wildman–Crippen LogP) is 4.65. The average Bonchev–Trinajstić information content (AvgIpc) is 3.39. The van der Waals surface area contributed by atoms with E-state index in [-0.39, 0.29) is 11.8 Å². The smallest absolute Gasteiger partial charge is 0.264 e. The van der Waals surface area contributed by atoms with E-state index in [0.29, 0.717) is 41.6 Å². The molecule has 2 aromatic carbocycles. The highest BCUT2D eigenvalue weighted by Gasteiger charge is 2.27. The number of piperazine rings is 1. The first-order chi connectivity index (χ1) is 15.5. The van der Waals surface area contributed by atoms with Gasteiger partial charge in [-0.15, -0.1) is 11.3 Å². The van der Waals surface area contributed by atoms with Crippen molar-refractivity contribution in [2.75, 3.05) is 26.2 Å². The lowest BCUT2D eigenvalue weighted by atomic mass is 10.2. The molecular formula is C24H21ClN4O2S. The van der Waals surface area contributed by atoms with E-state index in [9.17, 15) is 9.59 Å². The second kappa shape index (κ2) is 8.41. The third-order valence-electron chi connectivity index (χ3n) is 5.68. The molecule has 6 nitrogen and oxygen atoms in total. The number of aryl methyl sites for hydroxylation is 1. The van der Waals surface area contributed by atoms with Crippen LogP contribution in [0, 0.1) is 6.92 Å². The minimum atomic E-state index is -0.00458. The Kier molecular flexibility index (Phi) is 5.45. The minimum absolute atomic E-state index is 0.00458. The van der Waals surface area contributed by atoms with Gasteiger partial charge in [0.25, 0.3) is 11.8 Å². The largest absolute Gasteiger partial charge is 0.335 e. The highest BCUT2D eigenvalue weighted by Crippen LogP contribution is 2.32. The topological polar surface area (TPSA) is 58.4 Å². The molecule has 0 N–H and O–H groups in total. The van der Waals surface area contributed by atoms with Gasteiger partial charge in [0, 0.05) is 42.2 Å². The number of aromatic nitrogens is 2. The second-order valence-electron chi connectivity index (χ2n) is 7.76. The second-order valence-corrected chi connectivity index (χ2v) is 9.22. The van der Waals surface area contributed by atoms with Gasteiger partial charge in [0.05, 0.1) is 16.3 Å². The highest BCUT2D eigenvalue weighted by atomic mass is 35.5. The van der Waals surface area contributed by atoms with Gasteiger partial charge < -0.3 is 9.80 Å². The molecular weight excluding hydrogens is 444 g/mol. The van der Waals surface area contributed by atoms with E-state index in [2.05, 4.69) is 5.10 Å². The number of halogens is 1. The van der Waals surface area contributed by atoms with Crippen LogP contribution in [0.1, 0.15) is 25.7 Å². The lowest BCUT2D eigenvalue weighted by molar-refractivity contribution is 0.0538. The van der Waals surface area contributed by atoms with E-state index in [0.717, 1.165) is 21.6 Å². The first-order valence-corrected chi connectivity index (χ1v) is 11.6. The number of fused-ring (bicyclic) bond motifs is 1. The van der Waals surface area contributed by atoms with E-state index in [4.69, 9.17) is 11.6 Å². The van der Waals surface area contributed by atoms with Gasteiger partial charge in [-0.05, 0) is 43.3 Å². The Balaban J connectivity index is 1.34. The van der Waals surface area contributed by atoms with Gasteiger partial charge in [-0.25, -0.2) is 4.68 Å². The van der Waals surface area contributed by atoms with Gasteiger partial charge in [0.2, 0.25) is 0 Å². The summed E-state index contributed by atoms with van der Waals surface area (Å²) in [4.78, 5) is 31.1. The van der Waals surface area contributed by atoms with Gasteiger partial charge >= 0.3 is 0 Å². The monoisotopic (exact) mass is 464 g/mol. The van der Waals surface area contributed by atoms with Gasteiger partial charge in [-0.2, -0.15) is 5.10 Å². The zero-order valence-electron chi connectivity index (χ0n) is 17.5. The number of benzene rings is 2. The average molecular weight is 465 g/mol. The van der Waals surface area contributed by atoms with Crippen molar-refractivity contribution in [2.24, 2.45) is 0 Å². The van der Waals surface area contributed by atoms with Crippen LogP contribution >= 0.6 is 22.9 Å². The first-order valence-electron chi connectivity index (χ1n) is 10.4. The van der Waals surface area contributed by atoms with Crippen molar-refractivity contribution < 1.29 is 9.59 Å². The van der Waals surface area contributed by atoms with E-state index in [1.54, 1.807) is 0 Å². The van der Waals surface area contributed by atoms with E-state index < -0.39 is 0 Å². The fourth-order valence-electron chi connectivity index (χ4n) is 3.97. The number of nitrogens with zero attached hydrogens (tertiary/aromatic N) is 4. The molecule has 0 aliphatic carbocycles. The molecule has 1 saturated heterocycles. The van der Waals surface area contributed by atoms with Crippen LogP contribution in [0.15, 0.2) is 60.7 Å². The Bertz CT molecular complexity index is 1310. The Morgan fingerprint density at radius 1 is 0.906 bits per heavy atom. The van der Waals surface area contributed by atoms with Crippen LogP contribution in [0.4, 0.5) is 0 Å². The number of rotatable bonds is 3. The van der Waals surface area contributed by atoms with Gasteiger partial charge in [-0.3, -0.25) is 9.59 Å². The molecule has 4 aromatic rings. The summed E-state index contributed by atoms with van der Waals surface area (Å²) in [6, 6.07) is 18.7. The molecule has 0 atom stereocenters. The standard InChI is InChI=1S/C24H21ClN4O2S/c1-16-20-15-21(32-24(20)29(26-16)19-9-5-8-18(25)14-19)23(31)28-12-10-27(11-13-28)22(30)17-6-3-2-4-7-17/h2-9,14-15H,10-13H2,1H3. The molecule has 1 aliphatic heterocycles. The molecule has 32 heavy (non-hydrogen) atoms. The van der Waals surface area contributed by atoms with Crippen LogP contribution < -0.4 is 0 Å². The maximum atomic E-state index is 13.2. The molecule has 0 saturated carbocycles. The zero-order chi connectivity index (χ0) is 22.2. The maximum absolute atomic E-state index is 13.2. The normalized spacial score (nSPS) is 14.2. The van der Waals surface area contributed by atoms with Crippen LogP contribution in [0.3, 0.4) is 0 Å². The van der Waals surface area contributed by atoms with E-state index in [1.165, 1.54) is 11.3 Å². The van der Waals surface area contributed by atoms with Crippen molar-refractivity contribution in [3.8, 4) is 5.69 Å². The number of hydrogen-bond acceptors (Lipinski definition) is 4. The Hall–Kier alpha value is -3.16. The lowest BCUT2D eigenvalue weighted by Crippen LogP contribution is -2.50. The Morgan fingerprint density at radius 2 is 1.59 bits per heavy atom. The number of hydrogen-bond donors (Lipinski definition) is 0. The van der Waals surface area contributed by atoms with Crippen LogP contribution in [0.5, 0.6) is 0 Å². The van der Waals surface area contributed by atoms with E-state index >= 15 is 0 Å². The maximum Gasteiger partial charge on any atom is 0.264 e. The summed E-state index contributed by atoms with van der Waals surface area (Å²) in [6.45, 7) is 4.04. The zero-order valence-corrected chi connectivity index (χ0v) is 19.1.